The van der Waals surface area contributed by atoms with Crippen LogP contribution in [0.3, 0.4) is 0 Å². The molecule has 0 amide bonds. The van der Waals surface area contributed by atoms with Crippen molar-refractivity contribution in [1.29, 1.82) is 0 Å². The normalized spacial score (nSPS) is 10.4. The van der Waals surface area contributed by atoms with Gasteiger partial charge in [-0.05, 0) is 48.7 Å². The number of hydrogen-bond donors (Lipinski definition) is 0. The van der Waals surface area contributed by atoms with Crippen LogP contribution >= 0.6 is 0 Å². The molecular formula is C17H15N3O2. The molecule has 2 aromatic carbocycles. The molecule has 0 saturated carbocycles. The zero-order valence-electron chi connectivity index (χ0n) is 12.0. The van der Waals surface area contributed by atoms with Crippen LogP contribution in [0.15, 0.2) is 76.4 Å². The Balaban J connectivity index is 2.01. The van der Waals surface area contributed by atoms with Crippen molar-refractivity contribution in [2.75, 3.05) is 0 Å². The lowest BCUT2D eigenvalue weighted by Gasteiger charge is -2.00. The Bertz CT molecular complexity index is 689. The van der Waals surface area contributed by atoms with Crippen LogP contribution in [0.1, 0.15) is 5.56 Å². The second kappa shape index (κ2) is 7.64. The third kappa shape index (κ3) is 4.49. The van der Waals surface area contributed by atoms with Gasteiger partial charge in [-0.3, -0.25) is 4.99 Å². The average Bonchev–Trinajstić information content (AvgIpc) is 2.56. The monoisotopic (exact) mass is 293 g/mol. The van der Waals surface area contributed by atoms with Crippen LogP contribution < -0.4 is 4.74 Å². The third-order valence-electron chi connectivity index (χ3n) is 2.73. The van der Waals surface area contributed by atoms with E-state index in [1.54, 1.807) is 24.3 Å². The van der Waals surface area contributed by atoms with Crippen molar-refractivity contribution >= 4 is 24.1 Å². The number of rotatable bonds is 6. The Morgan fingerprint density at radius 3 is 2.05 bits per heavy atom. The molecule has 22 heavy (non-hydrogen) atoms. The molecule has 0 bridgehead atoms. The van der Waals surface area contributed by atoms with E-state index in [-0.39, 0.29) is 0 Å². The average molecular weight is 293 g/mol. The summed E-state index contributed by atoms with van der Waals surface area (Å²) in [6, 6.07) is 14.3. The minimum atomic E-state index is -0.497. The van der Waals surface area contributed by atoms with Gasteiger partial charge in [-0.15, -0.1) is 0 Å². The number of ether oxygens (including phenoxy) is 1. The van der Waals surface area contributed by atoms with Crippen molar-refractivity contribution in [2.45, 2.75) is 6.54 Å². The van der Waals surface area contributed by atoms with Crippen LogP contribution in [0.25, 0.3) is 0 Å². The number of nitrogens with zero attached hydrogens (tertiary/aromatic N) is 3. The van der Waals surface area contributed by atoms with E-state index in [1.807, 2.05) is 24.3 Å². The number of carbonyl (C=O) groups is 1. The lowest BCUT2D eigenvalue weighted by atomic mass is 10.2. The van der Waals surface area contributed by atoms with E-state index in [0.29, 0.717) is 18.0 Å². The Kier molecular flexibility index (Phi) is 5.31. The van der Waals surface area contributed by atoms with Gasteiger partial charge in [0.15, 0.2) is 0 Å². The van der Waals surface area contributed by atoms with Crippen LogP contribution in [-0.4, -0.2) is 12.7 Å². The van der Waals surface area contributed by atoms with Crippen molar-refractivity contribution < 1.29 is 9.53 Å². The highest BCUT2D eigenvalue weighted by molar-refractivity contribution is 5.83. The molecule has 110 valence electrons. The first-order valence-electron chi connectivity index (χ1n) is 6.59. The van der Waals surface area contributed by atoms with Crippen molar-refractivity contribution in [3.8, 4) is 5.75 Å². The minimum absolute atomic E-state index is 0.435. The van der Waals surface area contributed by atoms with Gasteiger partial charge in [0.25, 0.3) is 0 Å². The largest absolute Gasteiger partial charge is 0.423 e. The molecule has 2 rings (SSSR count). The quantitative estimate of drug-likeness (QED) is 0.260. The maximum absolute atomic E-state index is 11.1. The number of aliphatic imine (C=N–C) groups is 1. The molecule has 0 N–H and O–H groups in total. The molecule has 5 nitrogen and oxygen atoms in total. The summed E-state index contributed by atoms with van der Waals surface area (Å²) in [5.74, 6) is -0.0615. The SMILES string of the molecule is C=CC(=O)Oc1ccc(N=Nc2ccc(CN=C)cc2)cc1. The van der Waals surface area contributed by atoms with Crippen LogP contribution in [0, 0.1) is 0 Å². The van der Waals surface area contributed by atoms with Gasteiger partial charge in [0.1, 0.15) is 5.75 Å². The number of esters is 1. The van der Waals surface area contributed by atoms with Crippen LogP contribution in [0.4, 0.5) is 11.4 Å². The molecule has 0 aliphatic carbocycles. The smallest absolute Gasteiger partial charge is 0.335 e. The van der Waals surface area contributed by atoms with Gasteiger partial charge in [0.05, 0.1) is 17.9 Å². The van der Waals surface area contributed by atoms with Crippen LogP contribution in [0.2, 0.25) is 0 Å². The summed E-state index contributed by atoms with van der Waals surface area (Å²) < 4.78 is 4.97. The molecule has 5 heteroatoms. The van der Waals surface area contributed by atoms with Crippen molar-refractivity contribution in [3.63, 3.8) is 0 Å². The molecule has 0 saturated heterocycles. The summed E-state index contributed by atoms with van der Waals surface area (Å²) in [5, 5.41) is 8.26. The molecule has 2 aromatic rings. The third-order valence-corrected chi connectivity index (χ3v) is 2.73. The van der Waals surface area contributed by atoms with E-state index in [1.165, 1.54) is 0 Å². The molecule has 0 aromatic heterocycles. The van der Waals surface area contributed by atoms with Gasteiger partial charge in [-0.25, -0.2) is 4.79 Å². The predicted octanol–water partition coefficient (Wildman–Crippen LogP) is 4.39. The second-order valence-corrected chi connectivity index (χ2v) is 4.37. The number of hydrogen-bond acceptors (Lipinski definition) is 5. The summed E-state index contributed by atoms with van der Waals surface area (Å²) in [6.45, 7) is 7.38. The molecule has 0 aliphatic heterocycles. The van der Waals surface area contributed by atoms with Gasteiger partial charge >= 0.3 is 5.97 Å². The van der Waals surface area contributed by atoms with Gasteiger partial charge in [0.2, 0.25) is 0 Å². The van der Waals surface area contributed by atoms with Gasteiger partial charge in [-0.1, -0.05) is 18.7 Å². The fourth-order valence-corrected chi connectivity index (χ4v) is 1.65. The van der Waals surface area contributed by atoms with Crippen molar-refractivity contribution in [2.24, 2.45) is 15.2 Å². The Morgan fingerprint density at radius 2 is 1.55 bits per heavy atom. The molecule has 0 radical (unpaired) electrons. The van der Waals surface area contributed by atoms with Crippen LogP contribution in [-0.2, 0) is 11.3 Å². The fourth-order valence-electron chi connectivity index (χ4n) is 1.65. The Labute approximate surface area is 128 Å². The first kappa shape index (κ1) is 15.3. The molecular weight excluding hydrogens is 278 g/mol. The van der Waals surface area contributed by atoms with E-state index >= 15 is 0 Å². The topological polar surface area (TPSA) is 63.4 Å². The maximum Gasteiger partial charge on any atom is 0.335 e. The molecule has 0 heterocycles. The van der Waals surface area contributed by atoms with Crippen molar-refractivity contribution in [3.05, 3.63) is 66.7 Å². The Morgan fingerprint density at radius 1 is 1.00 bits per heavy atom. The van der Waals surface area contributed by atoms with E-state index in [4.69, 9.17) is 4.74 Å². The molecule has 0 aliphatic rings. The lowest BCUT2D eigenvalue weighted by molar-refractivity contribution is -0.128. The van der Waals surface area contributed by atoms with Crippen LogP contribution in [0.5, 0.6) is 5.75 Å². The molecule has 0 atom stereocenters. The van der Waals surface area contributed by atoms with E-state index in [2.05, 4.69) is 28.5 Å². The zero-order valence-corrected chi connectivity index (χ0v) is 12.0. The second-order valence-electron chi connectivity index (χ2n) is 4.37. The van der Waals surface area contributed by atoms with Gasteiger partial charge in [0, 0.05) is 6.08 Å². The first-order valence-corrected chi connectivity index (χ1v) is 6.59. The van der Waals surface area contributed by atoms with Crippen molar-refractivity contribution in [1.82, 2.24) is 0 Å². The molecule has 0 spiro atoms. The summed E-state index contributed by atoms with van der Waals surface area (Å²) >= 11 is 0. The van der Waals surface area contributed by atoms with E-state index in [9.17, 15) is 4.79 Å². The predicted molar refractivity (Wildman–Crippen MR) is 86.1 cm³/mol. The number of carbonyl (C=O) groups excluding carboxylic acids is 1. The molecule has 0 fully saturated rings. The zero-order chi connectivity index (χ0) is 15.8. The molecule has 0 unspecified atom stereocenters. The van der Waals surface area contributed by atoms with E-state index in [0.717, 1.165) is 17.3 Å². The van der Waals surface area contributed by atoms with Gasteiger partial charge in [-0.2, -0.15) is 10.2 Å². The summed E-state index contributed by atoms with van der Waals surface area (Å²) in [4.78, 5) is 14.9. The highest BCUT2D eigenvalue weighted by Crippen LogP contribution is 2.21. The first-order chi connectivity index (χ1) is 10.7. The minimum Gasteiger partial charge on any atom is -0.423 e. The highest BCUT2D eigenvalue weighted by atomic mass is 16.5. The van der Waals surface area contributed by atoms with E-state index < -0.39 is 5.97 Å². The summed E-state index contributed by atoms with van der Waals surface area (Å²) in [7, 11) is 0. The maximum atomic E-state index is 11.1. The Hall–Kier alpha value is -3.08. The standard InChI is InChI=1S/C17H15N3O2/c1-3-17(21)22-16-10-8-15(9-11-16)20-19-14-6-4-13(5-7-14)12-18-2/h3-11H,1-2,12H2. The lowest BCUT2D eigenvalue weighted by Crippen LogP contribution is -2.02. The summed E-state index contributed by atoms with van der Waals surface area (Å²) in [5.41, 5.74) is 2.48. The number of benzene rings is 2. The number of azo groups is 1. The summed E-state index contributed by atoms with van der Waals surface area (Å²) in [6.07, 6.45) is 1.11. The van der Waals surface area contributed by atoms with Gasteiger partial charge < -0.3 is 4.74 Å². The highest BCUT2D eigenvalue weighted by Gasteiger charge is 1.99. The fraction of sp³-hybridized carbons (Fsp3) is 0.0588.